The van der Waals surface area contributed by atoms with Crippen molar-refractivity contribution in [3.8, 4) is 11.1 Å². The molecule has 410 valence electrons. The van der Waals surface area contributed by atoms with Gasteiger partial charge in [0.25, 0.3) is 6.71 Å². The van der Waals surface area contributed by atoms with E-state index in [4.69, 9.17) is 4.42 Å². The van der Waals surface area contributed by atoms with Crippen molar-refractivity contribution >= 4 is 85.5 Å². The van der Waals surface area contributed by atoms with Crippen LogP contribution in [-0.2, 0) is 32.5 Å². The maximum atomic E-state index is 7.84. The lowest BCUT2D eigenvalue weighted by molar-refractivity contribution is 0.332. The first-order valence-corrected chi connectivity index (χ1v) is 30.0. The highest BCUT2D eigenvalue weighted by molar-refractivity contribution is 7.00. The van der Waals surface area contributed by atoms with E-state index in [0.29, 0.717) is 0 Å². The molecule has 0 N–H and O–H groups in total. The molecule has 8 aromatic carbocycles. The third-order valence-corrected chi connectivity index (χ3v) is 19.6. The normalized spacial score (nSPS) is 17.3. The summed E-state index contributed by atoms with van der Waals surface area (Å²) < 4.78 is 7.84. The van der Waals surface area contributed by atoms with Gasteiger partial charge in [0.15, 0.2) is 0 Å². The third-order valence-electron chi connectivity index (χ3n) is 19.6. The molecule has 0 bridgehead atoms. The fourth-order valence-electron chi connectivity index (χ4n) is 14.3. The van der Waals surface area contributed by atoms with E-state index in [1.807, 2.05) is 0 Å². The molecule has 0 atom stereocenters. The van der Waals surface area contributed by atoms with Crippen LogP contribution < -0.4 is 31.3 Å². The van der Waals surface area contributed by atoms with Crippen LogP contribution in [0, 0.1) is 13.8 Å². The summed E-state index contributed by atoms with van der Waals surface area (Å²) in [5.41, 5.74) is 27.7. The van der Waals surface area contributed by atoms with Crippen molar-refractivity contribution in [3.63, 3.8) is 0 Å². The minimum atomic E-state index is -0.233. The summed E-state index contributed by atoms with van der Waals surface area (Å²) in [5.74, 6) is 0. The van der Waals surface area contributed by atoms with Gasteiger partial charge in [0, 0.05) is 45.1 Å². The molecule has 4 aliphatic rings. The fourth-order valence-corrected chi connectivity index (χ4v) is 14.3. The maximum absolute atomic E-state index is 7.84. The highest BCUT2D eigenvalue weighted by atomic mass is 16.3. The Kier molecular flexibility index (Phi) is 11.9. The van der Waals surface area contributed by atoms with Crippen molar-refractivity contribution in [1.82, 2.24) is 0 Å². The second-order valence-corrected chi connectivity index (χ2v) is 29.4. The monoisotopic (exact) mass is 1060 g/mol. The van der Waals surface area contributed by atoms with Gasteiger partial charge in [0.2, 0.25) is 0 Å². The molecule has 0 fully saturated rings. The van der Waals surface area contributed by atoms with E-state index in [-0.39, 0.29) is 39.2 Å². The lowest BCUT2D eigenvalue weighted by Gasteiger charge is -2.45. The van der Waals surface area contributed by atoms with Crippen molar-refractivity contribution < 1.29 is 4.42 Å². The highest BCUT2D eigenvalue weighted by Gasteiger charge is 2.49. The van der Waals surface area contributed by atoms with Crippen molar-refractivity contribution in [1.29, 1.82) is 0 Å². The molecule has 1 aromatic heterocycles. The van der Waals surface area contributed by atoms with E-state index < -0.39 is 0 Å². The molecule has 81 heavy (non-hydrogen) atoms. The number of anilines is 9. The fraction of sp³-hybridized carbons (Fsp3) is 0.342. The molecule has 2 aliphatic heterocycles. The van der Waals surface area contributed by atoms with Crippen molar-refractivity contribution in [2.24, 2.45) is 0 Å². The molecule has 4 nitrogen and oxygen atoms in total. The maximum Gasteiger partial charge on any atom is 0.297 e. The van der Waals surface area contributed by atoms with Gasteiger partial charge in [-0.15, -0.1) is 0 Å². The summed E-state index contributed by atoms with van der Waals surface area (Å²) in [6.07, 6.45) is 4.54. The first-order chi connectivity index (χ1) is 38.2. The summed E-state index contributed by atoms with van der Waals surface area (Å²) >= 11 is 0. The van der Waals surface area contributed by atoms with E-state index in [1.54, 1.807) is 0 Å². The quantitative estimate of drug-likeness (QED) is 0.155. The molecule has 0 saturated heterocycles. The van der Waals surface area contributed by atoms with Crippen LogP contribution in [0.1, 0.15) is 167 Å². The van der Waals surface area contributed by atoms with Gasteiger partial charge in [-0.05, 0) is 201 Å². The van der Waals surface area contributed by atoms with Gasteiger partial charge in [-0.1, -0.05) is 187 Å². The van der Waals surface area contributed by atoms with Crippen LogP contribution in [0.4, 0.5) is 51.2 Å². The van der Waals surface area contributed by atoms with Crippen LogP contribution in [0.5, 0.6) is 0 Å². The molecule has 5 heteroatoms. The molecule has 0 unspecified atom stereocenters. The highest BCUT2D eigenvalue weighted by Crippen LogP contribution is 2.55. The van der Waals surface area contributed by atoms with Gasteiger partial charge in [-0.25, -0.2) is 0 Å². The van der Waals surface area contributed by atoms with Crippen LogP contribution in [0.2, 0.25) is 0 Å². The molecule has 3 heterocycles. The van der Waals surface area contributed by atoms with Crippen LogP contribution in [0.25, 0.3) is 22.1 Å². The summed E-state index contributed by atoms with van der Waals surface area (Å²) in [7, 11) is 0. The SMILES string of the molecule is Cc1ccc(N(c2ccc(C)cc2)c2cc3c4c(c2)N(c2ccc5c(c2)C(C)(C)CCC5(C)C)c2c(oc5cc6c(cc25)C(C)(C)CCC6(C)C)B4c2cc(C(C)(C)C)ccc2N3c2ccc(C(C)(C)C)cc2-c2ccccc2)cc1. The number of benzene rings is 8. The molecule has 9 aromatic rings. The third kappa shape index (κ3) is 8.61. The summed E-state index contributed by atoms with van der Waals surface area (Å²) in [6.45, 7) is 37.8. The number of nitrogens with zero attached hydrogens (tertiary/aromatic N) is 3. The lowest BCUT2D eigenvalue weighted by Crippen LogP contribution is -2.61. The van der Waals surface area contributed by atoms with E-state index in [2.05, 4.69) is 283 Å². The van der Waals surface area contributed by atoms with Gasteiger partial charge in [0.1, 0.15) is 5.58 Å². The van der Waals surface area contributed by atoms with Crippen LogP contribution >= 0.6 is 0 Å². The van der Waals surface area contributed by atoms with Crippen LogP contribution in [0.3, 0.4) is 0 Å². The van der Waals surface area contributed by atoms with E-state index in [0.717, 1.165) is 76.7 Å². The Labute approximate surface area is 484 Å². The predicted octanol–water partition coefficient (Wildman–Crippen LogP) is 19.6. The Balaban J connectivity index is 1.22. The number of aryl methyl sites for hydroxylation is 2. The Bertz CT molecular complexity index is 3940. The summed E-state index contributed by atoms with van der Waals surface area (Å²) in [6, 6.07) is 61.4. The summed E-state index contributed by atoms with van der Waals surface area (Å²) in [4.78, 5) is 7.78. The Hall–Kier alpha value is -7.24. The van der Waals surface area contributed by atoms with Gasteiger partial charge in [-0.3, -0.25) is 0 Å². The van der Waals surface area contributed by atoms with E-state index in [9.17, 15) is 0 Å². The van der Waals surface area contributed by atoms with Crippen LogP contribution in [-0.4, -0.2) is 6.71 Å². The smallest absolute Gasteiger partial charge is 0.297 e. The number of furan rings is 1. The number of fused-ring (bicyclic) bond motifs is 8. The second kappa shape index (κ2) is 18.1. The Morgan fingerprint density at radius 3 is 1.53 bits per heavy atom. The number of hydrogen-bond acceptors (Lipinski definition) is 4. The van der Waals surface area contributed by atoms with Crippen LogP contribution in [0.15, 0.2) is 162 Å². The molecule has 0 spiro atoms. The molecular weight excluding hydrogens is 982 g/mol. The molecule has 0 saturated carbocycles. The standard InChI is InChI=1S/C76H82BN3O/c1-47-22-28-52(29-23-47)78(53-30-24-48(2)25-31-53)55-43-65-68-66(44-55)80(63-34-26-50(71(3,4)5)40-56(63)49-20-18-17-19-21-49)64-35-27-51(72(6,7)8)41-62(64)77(68)70-69(57-45-60-61(46-67(57)81-70)76(15,16)39-38-75(60,13)14)79(65)54-32-33-58-59(42-54)74(11,12)37-36-73(58,9)10/h17-35,40-46H,36-39H2,1-16H3. The topological polar surface area (TPSA) is 22.9 Å². The average Bonchev–Trinajstić information content (AvgIpc) is 4.09. The van der Waals surface area contributed by atoms with Gasteiger partial charge < -0.3 is 19.1 Å². The Morgan fingerprint density at radius 1 is 0.457 bits per heavy atom. The largest absolute Gasteiger partial charge is 0.468 e. The van der Waals surface area contributed by atoms with Crippen molar-refractivity contribution in [2.45, 2.75) is 169 Å². The second-order valence-electron chi connectivity index (χ2n) is 29.4. The van der Waals surface area contributed by atoms with Gasteiger partial charge in [-0.2, -0.15) is 0 Å². The molecule has 0 radical (unpaired) electrons. The zero-order chi connectivity index (χ0) is 57.1. The van der Waals surface area contributed by atoms with E-state index >= 15 is 0 Å². The lowest BCUT2D eigenvalue weighted by atomic mass is 9.35. The van der Waals surface area contributed by atoms with E-state index in [1.165, 1.54) is 83.3 Å². The predicted molar refractivity (Wildman–Crippen MR) is 348 cm³/mol. The number of hydrogen-bond donors (Lipinski definition) is 0. The summed E-state index contributed by atoms with van der Waals surface area (Å²) in [5, 5.41) is 1.18. The molecule has 0 amide bonds. The minimum absolute atomic E-state index is 0.00189. The zero-order valence-corrected chi connectivity index (χ0v) is 51.2. The molecule has 2 aliphatic carbocycles. The van der Waals surface area contributed by atoms with Crippen molar-refractivity contribution in [2.75, 3.05) is 14.7 Å². The molecule has 13 rings (SSSR count). The Morgan fingerprint density at radius 2 is 0.963 bits per heavy atom. The first kappa shape index (κ1) is 53.1. The first-order valence-electron chi connectivity index (χ1n) is 30.0. The van der Waals surface area contributed by atoms with Gasteiger partial charge >= 0.3 is 0 Å². The minimum Gasteiger partial charge on any atom is -0.468 e. The average molecular weight is 1060 g/mol. The number of rotatable bonds is 6. The van der Waals surface area contributed by atoms with Crippen molar-refractivity contribution in [3.05, 3.63) is 202 Å². The molecular formula is C76H82BN3O. The van der Waals surface area contributed by atoms with Gasteiger partial charge in [0.05, 0.1) is 22.7 Å². The zero-order valence-electron chi connectivity index (χ0n) is 51.2.